The van der Waals surface area contributed by atoms with Gasteiger partial charge in [0.25, 0.3) is 0 Å². The zero-order chi connectivity index (χ0) is 23.0. The summed E-state index contributed by atoms with van der Waals surface area (Å²) in [6.45, 7) is 5.33. The van der Waals surface area contributed by atoms with Gasteiger partial charge in [0.05, 0.1) is 26.4 Å². The van der Waals surface area contributed by atoms with Crippen LogP contribution in [0.2, 0.25) is 0 Å². The molecule has 0 aliphatic carbocycles. The Labute approximate surface area is 196 Å². The highest BCUT2D eigenvalue weighted by Gasteiger charge is 2.08. The number of nitrogens with one attached hydrogen (secondary N) is 1. The first-order valence-electron chi connectivity index (χ1n) is 11.4. The fraction of sp³-hybridized carbons (Fsp3) is 0.333. The highest BCUT2D eigenvalue weighted by Crippen LogP contribution is 2.30. The molecule has 0 amide bonds. The van der Waals surface area contributed by atoms with E-state index < -0.39 is 0 Å². The summed E-state index contributed by atoms with van der Waals surface area (Å²) >= 11 is 0. The molecule has 0 unspecified atom stereocenters. The van der Waals surface area contributed by atoms with Crippen LogP contribution < -0.4 is 20.5 Å². The van der Waals surface area contributed by atoms with Gasteiger partial charge in [0.1, 0.15) is 13.2 Å². The molecule has 0 saturated heterocycles. The van der Waals surface area contributed by atoms with Gasteiger partial charge >= 0.3 is 0 Å². The molecule has 33 heavy (non-hydrogen) atoms. The average Bonchev–Trinajstić information content (AvgIpc) is 2.87. The van der Waals surface area contributed by atoms with Crippen molar-refractivity contribution in [3.05, 3.63) is 95.6 Å². The van der Waals surface area contributed by atoms with Crippen molar-refractivity contribution in [1.29, 1.82) is 0 Å². The highest BCUT2D eigenvalue weighted by molar-refractivity contribution is 5.43. The van der Waals surface area contributed by atoms with E-state index in [1.54, 1.807) is 0 Å². The number of benzene rings is 3. The van der Waals surface area contributed by atoms with Crippen LogP contribution in [0, 0.1) is 0 Å². The van der Waals surface area contributed by atoms with Crippen LogP contribution in [-0.2, 0) is 29.2 Å². The smallest absolute Gasteiger partial charge is 0.162 e. The molecule has 0 spiro atoms. The maximum absolute atomic E-state index is 6.14. The topological polar surface area (TPSA) is 75.0 Å². The quantitative estimate of drug-likeness (QED) is 0.322. The average molecular weight is 451 g/mol. The summed E-state index contributed by atoms with van der Waals surface area (Å²) < 4.78 is 23.1. The summed E-state index contributed by atoms with van der Waals surface area (Å²) in [6.07, 6.45) is 0. The minimum Gasteiger partial charge on any atom is -0.485 e. The van der Waals surface area contributed by atoms with Crippen LogP contribution in [0.1, 0.15) is 16.7 Å². The van der Waals surface area contributed by atoms with Crippen LogP contribution in [0.5, 0.6) is 11.5 Å². The van der Waals surface area contributed by atoms with Crippen LogP contribution in [0.15, 0.2) is 78.9 Å². The molecule has 0 aliphatic heterocycles. The molecular weight excluding hydrogens is 416 g/mol. The molecule has 0 bridgehead atoms. The minimum absolute atomic E-state index is 0.486. The second-order valence-corrected chi connectivity index (χ2v) is 7.52. The summed E-state index contributed by atoms with van der Waals surface area (Å²) in [6, 6.07) is 26.3. The fourth-order valence-corrected chi connectivity index (χ4v) is 3.15. The molecule has 3 aromatic rings. The van der Waals surface area contributed by atoms with Gasteiger partial charge < -0.3 is 30.0 Å². The van der Waals surface area contributed by atoms with Gasteiger partial charge in [-0.25, -0.2) is 0 Å². The molecule has 176 valence electrons. The Morgan fingerprint density at radius 1 is 0.606 bits per heavy atom. The molecule has 0 aliphatic rings. The lowest BCUT2D eigenvalue weighted by Gasteiger charge is -2.15. The van der Waals surface area contributed by atoms with Crippen molar-refractivity contribution < 1.29 is 18.9 Å². The monoisotopic (exact) mass is 450 g/mol. The van der Waals surface area contributed by atoms with Crippen LogP contribution in [0.25, 0.3) is 0 Å². The summed E-state index contributed by atoms with van der Waals surface area (Å²) in [5.74, 6) is 1.47. The van der Waals surface area contributed by atoms with Crippen LogP contribution in [0.3, 0.4) is 0 Å². The van der Waals surface area contributed by atoms with E-state index in [1.165, 1.54) is 0 Å². The number of rotatable bonds is 16. The molecule has 6 heteroatoms. The Bertz CT molecular complexity index is 907. The van der Waals surface area contributed by atoms with Crippen molar-refractivity contribution in [1.82, 2.24) is 5.32 Å². The van der Waals surface area contributed by atoms with Gasteiger partial charge in [-0.3, -0.25) is 0 Å². The Morgan fingerprint density at radius 2 is 1.21 bits per heavy atom. The van der Waals surface area contributed by atoms with Crippen molar-refractivity contribution in [3.63, 3.8) is 0 Å². The van der Waals surface area contributed by atoms with Gasteiger partial charge in [0, 0.05) is 19.6 Å². The third kappa shape index (κ3) is 9.63. The lowest BCUT2D eigenvalue weighted by molar-refractivity contribution is 0.0518. The number of hydrogen-bond acceptors (Lipinski definition) is 6. The number of hydrogen-bond donors (Lipinski definition) is 2. The molecule has 3 N–H and O–H groups in total. The van der Waals surface area contributed by atoms with Crippen molar-refractivity contribution in [3.8, 4) is 11.5 Å². The highest BCUT2D eigenvalue weighted by atomic mass is 16.5. The van der Waals surface area contributed by atoms with Gasteiger partial charge in [-0.1, -0.05) is 66.7 Å². The molecule has 0 aromatic heterocycles. The Balaban J connectivity index is 1.51. The maximum Gasteiger partial charge on any atom is 0.162 e. The molecule has 0 atom stereocenters. The SMILES string of the molecule is NCCOCCOCCNCc1ccc(OCc2ccccc2)c(OCc2ccccc2)c1. The van der Waals surface area contributed by atoms with E-state index in [2.05, 4.69) is 35.6 Å². The Morgan fingerprint density at radius 3 is 1.85 bits per heavy atom. The first kappa shape index (κ1) is 24.7. The second kappa shape index (κ2) is 15.0. The standard InChI is InChI=1S/C27H34N2O4/c28-13-15-30-17-18-31-16-14-29-20-25-11-12-26(32-21-23-7-3-1-4-8-23)27(19-25)33-22-24-9-5-2-6-10-24/h1-12,19,29H,13-18,20-22,28H2. The minimum atomic E-state index is 0.486. The van der Waals surface area contributed by atoms with Gasteiger partial charge in [0.2, 0.25) is 0 Å². The number of nitrogens with two attached hydrogens (primary N) is 1. The van der Waals surface area contributed by atoms with E-state index >= 15 is 0 Å². The molecule has 0 fully saturated rings. The van der Waals surface area contributed by atoms with Crippen LogP contribution in [-0.4, -0.2) is 39.5 Å². The summed E-state index contributed by atoms with van der Waals surface area (Å²) in [7, 11) is 0. The number of ether oxygens (including phenoxy) is 4. The second-order valence-electron chi connectivity index (χ2n) is 7.52. The predicted octanol–water partition coefficient (Wildman–Crippen LogP) is 3.93. The largest absolute Gasteiger partial charge is 0.485 e. The summed E-state index contributed by atoms with van der Waals surface area (Å²) in [5, 5.41) is 3.40. The summed E-state index contributed by atoms with van der Waals surface area (Å²) in [5.41, 5.74) is 8.74. The lowest BCUT2D eigenvalue weighted by Crippen LogP contribution is -2.20. The van der Waals surface area contributed by atoms with Gasteiger partial charge in [-0.15, -0.1) is 0 Å². The Hall–Kier alpha value is -2.90. The van der Waals surface area contributed by atoms with E-state index in [-0.39, 0.29) is 0 Å². The van der Waals surface area contributed by atoms with E-state index in [1.807, 2.05) is 48.5 Å². The molecule has 3 aromatic carbocycles. The molecule has 0 radical (unpaired) electrons. The van der Waals surface area contributed by atoms with Gasteiger partial charge in [0.15, 0.2) is 11.5 Å². The molecular formula is C27H34N2O4. The summed E-state index contributed by atoms with van der Waals surface area (Å²) in [4.78, 5) is 0. The van der Waals surface area contributed by atoms with E-state index in [0.29, 0.717) is 52.7 Å². The van der Waals surface area contributed by atoms with Gasteiger partial charge in [-0.2, -0.15) is 0 Å². The maximum atomic E-state index is 6.14. The molecule has 0 saturated carbocycles. The zero-order valence-corrected chi connectivity index (χ0v) is 19.1. The van der Waals surface area contributed by atoms with E-state index in [9.17, 15) is 0 Å². The molecule has 3 rings (SSSR count). The molecule has 0 heterocycles. The van der Waals surface area contributed by atoms with E-state index in [4.69, 9.17) is 24.7 Å². The van der Waals surface area contributed by atoms with Crippen molar-refractivity contribution in [2.45, 2.75) is 19.8 Å². The van der Waals surface area contributed by atoms with Crippen LogP contribution in [0.4, 0.5) is 0 Å². The van der Waals surface area contributed by atoms with Crippen molar-refractivity contribution >= 4 is 0 Å². The first-order chi connectivity index (χ1) is 16.3. The van der Waals surface area contributed by atoms with Gasteiger partial charge in [-0.05, 0) is 28.8 Å². The van der Waals surface area contributed by atoms with Crippen LogP contribution >= 0.6 is 0 Å². The molecule has 6 nitrogen and oxygen atoms in total. The van der Waals surface area contributed by atoms with E-state index in [0.717, 1.165) is 34.7 Å². The predicted molar refractivity (Wildman–Crippen MR) is 130 cm³/mol. The Kier molecular flexibility index (Phi) is 11.3. The normalized spacial score (nSPS) is 10.8. The zero-order valence-electron chi connectivity index (χ0n) is 19.1. The third-order valence-electron chi connectivity index (χ3n) is 4.87. The van der Waals surface area contributed by atoms with Crippen molar-refractivity contribution in [2.24, 2.45) is 5.73 Å². The first-order valence-corrected chi connectivity index (χ1v) is 11.4. The fourth-order valence-electron chi connectivity index (χ4n) is 3.15. The van der Waals surface area contributed by atoms with Crippen molar-refractivity contribution in [2.75, 3.05) is 39.5 Å². The third-order valence-corrected chi connectivity index (χ3v) is 4.87. The lowest BCUT2D eigenvalue weighted by atomic mass is 10.2.